The molecule has 0 aliphatic rings. The Bertz CT molecular complexity index is 2430. The molecule has 13 nitrogen and oxygen atoms in total. The summed E-state index contributed by atoms with van der Waals surface area (Å²) in [6.45, 7) is 3.79. The van der Waals surface area contributed by atoms with Gasteiger partial charge in [0.15, 0.2) is 0 Å². The minimum atomic E-state index is -3.96. The number of aliphatic imine (C=N–C) groups is 2. The zero-order valence-electron chi connectivity index (χ0n) is 29.5. The van der Waals surface area contributed by atoms with Crippen molar-refractivity contribution in [1.82, 2.24) is 0 Å². The molecule has 0 amide bonds. The fourth-order valence-electron chi connectivity index (χ4n) is 3.73. The molecular formula is C39H34N2O11S3. The predicted molar refractivity (Wildman–Crippen MR) is 204 cm³/mol. The maximum atomic E-state index is 12.1. The Balaban J connectivity index is 0.000000288. The molecule has 0 saturated carbocycles. The average molecular weight is 803 g/mol. The monoisotopic (exact) mass is 802 g/mol. The molecule has 0 bridgehead atoms. The highest BCUT2D eigenvalue weighted by molar-refractivity contribution is 7.87. The van der Waals surface area contributed by atoms with Crippen LogP contribution in [0.4, 0.5) is 11.4 Å². The maximum absolute atomic E-state index is 12.1. The first kappa shape index (κ1) is 45.0. The van der Waals surface area contributed by atoms with E-state index in [4.69, 9.17) is 27.6 Å². The molecule has 0 fully saturated rings. The molecule has 1 unspecified atom stereocenters. The third-order valence-electron chi connectivity index (χ3n) is 6.70. The van der Waals surface area contributed by atoms with Crippen molar-refractivity contribution in [2.45, 2.75) is 41.4 Å². The lowest BCUT2D eigenvalue weighted by Crippen LogP contribution is -2.09. The first-order valence-corrected chi connectivity index (χ1v) is 20.0. The molecule has 284 valence electrons. The largest absolute Gasteiger partial charge is 0.379 e. The third-order valence-corrected chi connectivity index (χ3v) is 10.6. The van der Waals surface area contributed by atoms with E-state index in [0.717, 1.165) is 5.56 Å². The Morgan fingerprint density at radius 2 is 1.05 bits per heavy atom. The van der Waals surface area contributed by atoms with Crippen LogP contribution >= 0.6 is 0 Å². The molecule has 0 saturated heterocycles. The third kappa shape index (κ3) is 15.8. The quantitative estimate of drug-likeness (QED) is 0.0468. The van der Waals surface area contributed by atoms with Gasteiger partial charge in [-0.05, 0) is 98.3 Å². The summed E-state index contributed by atoms with van der Waals surface area (Å²) >= 11 is 0. The van der Waals surface area contributed by atoms with E-state index in [2.05, 4.69) is 31.9 Å². The molecule has 0 aliphatic heterocycles. The maximum Gasteiger partial charge on any atom is 0.339 e. The Morgan fingerprint density at radius 3 is 1.47 bits per heavy atom. The minimum Gasteiger partial charge on any atom is -0.379 e. The molecule has 0 heterocycles. The number of hydrogen-bond acceptors (Lipinski definition) is 13. The molecule has 4 aromatic carbocycles. The van der Waals surface area contributed by atoms with Crippen LogP contribution in [0, 0.1) is 49.9 Å². The van der Waals surface area contributed by atoms with E-state index in [-0.39, 0.29) is 46.0 Å². The minimum absolute atomic E-state index is 0.0145. The smallest absolute Gasteiger partial charge is 0.339 e. The second-order valence-electron chi connectivity index (χ2n) is 10.8. The number of carbonyl (C=O) groups excluding carboxylic acids is 2. The number of benzene rings is 4. The van der Waals surface area contributed by atoms with Gasteiger partial charge in [-0.2, -0.15) is 35.2 Å². The fourth-order valence-corrected chi connectivity index (χ4v) is 6.49. The molecule has 0 aliphatic carbocycles. The van der Waals surface area contributed by atoms with Gasteiger partial charge in [-0.25, -0.2) is 9.59 Å². The molecule has 0 radical (unpaired) electrons. The summed E-state index contributed by atoms with van der Waals surface area (Å²) in [7, 11) is -11.4. The van der Waals surface area contributed by atoms with Gasteiger partial charge in [-0.1, -0.05) is 30.5 Å². The van der Waals surface area contributed by atoms with Gasteiger partial charge in [0.25, 0.3) is 20.2 Å². The molecule has 16 heteroatoms. The number of nitrogens with zero attached hydrogens (tertiary/aromatic N) is 2. The Morgan fingerprint density at radius 1 is 0.618 bits per heavy atom. The standard InChI is InChI=1S/C15H9NO4S.C13H16O3S.C11H9NO4S/c1-2-12-3-7-14(8-4-12)20-21(18,19)15-9-5-13(6-10-15)16-11-17;1-4-11(2)9-10-16-17(14,15)13-7-5-12(3)6-8-13;1-2-3-8-16-17(14,15)11-6-4-10(5-7-11)12-9-13/h1,3-10H;1,5-8,11H,9-10H2,2-3H3;1,4-7H,3,8H2. The van der Waals surface area contributed by atoms with Crippen LogP contribution in [0.25, 0.3) is 0 Å². The van der Waals surface area contributed by atoms with Gasteiger partial charge in [0, 0.05) is 17.9 Å². The summed E-state index contributed by atoms with van der Waals surface area (Å²) in [6.07, 6.45) is 18.9. The lowest BCUT2D eigenvalue weighted by Gasteiger charge is -2.07. The van der Waals surface area contributed by atoms with E-state index in [0.29, 0.717) is 23.4 Å². The predicted octanol–water partition coefficient (Wildman–Crippen LogP) is 6.15. The molecule has 4 aromatic rings. The van der Waals surface area contributed by atoms with E-state index in [9.17, 15) is 34.8 Å². The molecule has 0 spiro atoms. The number of terminal acetylenes is 3. The van der Waals surface area contributed by atoms with Gasteiger partial charge < -0.3 is 4.18 Å². The first-order chi connectivity index (χ1) is 26.1. The summed E-state index contributed by atoms with van der Waals surface area (Å²) in [6, 6.07) is 23.3. The Hall–Kier alpha value is -6.11. The van der Waals surface area contributed by atoms with E-state index in [1.807, 2.05) is 13.8 Å². The lowest BCUT2D eigenvalue weighted by molar-refractivity contribution is 0.300. The van der Waals surface area contributed by atoms with Crippen LogP contribution in [0.3, 0.4) is 0 Å². The highest BCUT2D eigenvalue weighted by Crippen LogP contribution is 2.22. The van der Waals surface area contributed by atoms with Crippen molar-refractivity contribution in [2.24, 2.45) is 15.9 Å². The van der Waals surface area contributed by atoms with Gasteiger partial charge in [0.1, 0.15) is 10.6 Å². The summed E-state index contributed by atoms with van der Waals surface area (Å²) in [5.74, 6) is 7.39. The van der Waals surface area contributed by atoms with Gasteiger partial charge in [-0.3, -0.25) is 8.37 Å². The van der Waals surface area contributed by atoms with Crippen molar-refractivity contribution in [3.63, 3.8) is 0 Å². The second-order valence-corrected chi connectivity index (χ2v) is 15.6. The van der Waals surface area contributed by atoms with Crippen molar-refractivity contribution in [3.8, 4) is 42.8 Å². The zero-order chi connectivity index (χ0) is 40.9. The van der Waals surface area contributed by atoms with Crippen molar-refractivity contribution < 1.29 is 47.4 Å². The topological polar surface area (TPSA) is 189 Å². The number of aryl methyl sites for hydroxylation is 1. The fraction of sp³-hybridized carbons (Fsp3) is 0.179. The van der Waals surface area contributed by atoms with E-state index in [1.54, 1.807) is 24.3 Å². The lowest BCUT2D eigenvalue weighted by atomic mass is 10.1. The number of rotatable bonds is 14. The highest BCUT2D eigenvalue weighted by atomic mass is 32.2. The van der Waals surface area contributed by atoms with Gasteiger partial charge in [0.2, 0.25) is 12.2 Å². The van der Waals surface area contributed by atoms with Crippen LogP contribution in [0.5, 0.6) is 5.75 Å². The summed E-state index contributed by atoms with van der Waals surface area (Å²) < 4.78 is 85.3. The van der Waals surface area contributed by atoms with Crippen molar-refractivity contribution >= 4 is 53.9 Å². The van der Waals surface area contributed by atoms with E-state index < -0.39 is 30.4 Å². The van der Waals surface area contributed by atoms with Gasteiger partial charge in [0.05, 0.1) is 34.4 Å². The molecule has 1 atom stereocenters. The SMILES string of the molecule is C#CC(C)CCOS(=O)(=O)c1ccc(C)cc1.C#CCCOS(=O)(=O)c1ccc(N=C=O)cc1.C#Cc1ccc(OS(=O)(=O)c2ccc(N=C=O)cc2)cc1. The number of isocyanates is 2. The van der Waals surface area contributed by atoms with Gasteiger partial charge in [-0.15, -0.1) is 31.1 Å². The molecular weight excluding hydrogens is 769 g/mol. The molecule has 0 N–H and O–H groups in total. The van der Waals surface area contributed by atoms with E-state index >= 15 is 0 Å². The molecule has 55 heavy (non-hydrogen) atoms. The first-order valence-electron chi connectivity index (χ1n) is 15.7. The summed E-state index contributed by atoms with van der Waals surface area (Å²) in [5.41, 5.74) is 2.26. The summed E-state index contributed by atoms with van der Waals surface area (Å²) in [5, 5.41) is 0. The Kier molecular flexibility index (Phi) is 18.2. The van der Waals surface area contributed by atoms with Crippen LogP contribution in [-0.2, 0) is 48.3 Å². The zero-order valence-corrected chi connectivity index (χ0v) is 31.9. The van der Waals surface area contributed by atoms with Crippen molar-refractivity contribution in [1.29, 1.82) is 0 Å². The summed E-state index contributed by atoms with van der Waals surface area (Å²) in [4.78, 5) is 26.9. The average Bonchev–Trinajstić information content (AvgIpc) is 3.16. The van der Waals surface area contributed by atoms with Crippen LogP contribution in [0.1, 0.15) is 30.9 Å². The Labute approximate surface area is 321 Å². The second kappa shape index (κ2) is 22.2. The van der Waals surface area contributed by atoms with Crippen molar-refractivity contribution in [2.75, 3.05) is 13.2 Å². The van der Waals surface area contributed by atoms with Crippen LogP contribution < -0.4 is 4.18 Å². The van der Waals surface area contributed by atoms with Crippen LogP contribution in [0.2, 0.25) is 0 Å². The van der Waals surface area contributed by atoms with Crippen molar-refractivity contribution in [3.05, 3.63) is 108 Å². The number of hydrogen-bond donors (Lipinski definition) is 0. The molecule has 0 aromatic heterocycles. The highest BCUT2D eigenvalue weighted by Gasteiger charge is 2.17. The van der Waals surface area contributed by atoms with Gasteiger partial charge >= 0.3 is 10.1 Å². The van der Waals surface area contributed by atoms with E-state index in [1.165, 1.54) is 85.0 Å². The van der Waals surface area contributed by atoms with Crippen LogP contribution in [-0.4, -0.2) is 50.6 Å². The van der Waals surface area contributed by atoms with Crippen LogP contribution in [0.15, 0.2) is 122 Å². The normalized spacial score (nSPS) is 11.1. The molecule has 4 rings (SSSR count).